The van der Waals surface area contributed by atoms with Gasteiger partial charge in [0.05, 0.1) is 23.1 Å². The average Bonchev–Trinajstić information content (AvgIpc) is 3.06. The lowest BCUT2D eigenvalue weighted by Crippen LogP contribution is -2.43. The highest BCUT2D eigenvalue weighted by atomic mass is 15.4. The van der Waals surface area contributed by atoms with E-state index in [9.17, 15) is 0 Å². The first-order valence-electron chi connectivity index (χ1n) is 9.41. The average molecular weight is 362 g/mol. The van der Waals surface area contributed by atoms with Crippen molar-refractivity contribution in [3.63, 3.8) is 0 Å². The van der Waals surface area contributed by atoms with Crippen LogP contribution in [0.1, 0.15) is 26.0 Å². The van der Waals surface area contributed by atoms with Gasteiger partial charge >= 0.3 is 0 Å². The van der Waals surface area contributed by atoms with Crippen LogP contribution in [0.5, 0.6) is 0 Å². The van der Waals surface area contributed by atoms with E-state index in [0.29, 0.717) is 12.1 Å². The largest absolute Gasteiger partial charge is 0.382 e. The summed E-state index contributed by atoms with van der Waals surface area (Å²) in [5.41, 5.74) is 2.85. The van der Waals surface area contributed by atoms with Gasteiger partial charge in [-0.25, -0.2) is 9.97 Å². The molecule has 0 saturated carbocycles. The van der Waals surface area contributed by atoms with Gasteiger partial charge in [-0.2, -0.15) is 0 Å². The van der Waals surface area contributed by atoms with Gasteiger partial charge in [-0.3, -0.25) is 0 Å². The molecule has 1 saturated heterocycles. The van der Waals surface area contributed by atoms with Crippen LogP contribution in [0.15, 0.2) is 55.5 Å². The number of fused-ring (bicyclic) bond motifs is 4. The highest BCUT2D eigenvalue weighted by Gasteiger charge is 2.38. The van der Waals surface area contributed by atoms with E-state index in [-0.39, 0.29) is 0 Å². The predicted octanol–water partition coefficient (Wildman–Crippen LogP) is 3.43. The molecule has 4 heterocycles. The van der Waals surface area contributed by atoms with Crippen LogP contribution in [0.2, 0.25) is 0 Å². The SMILES string of the molecule is C=C(NC(C)C)c1ccc2c(n1)N(C(=C)Nc1ccccn1)[C@H]1CCN2C1. The van der Waals surface area contributed by atoms with E-state index in [0.717, 1.165) is 54.0 Å². The van der Waals surface area contributed by atoms with Crippen LogP contribution >= 0.6 is 0 Å². The minimum atomic E-state index is 0.312. The smallest absolute Gasteiger partial charge is 0.158 e. The Morgan fingerprint density at radius 1 is 1.22 bits per heavy atom. The number of hydrogen-bond acceptors (Lipinski definition) is 6. The maximum Gasteiger partial charge on any atom is 0.158 e. The minimum Gasteiger partial charge on any atom is -0.382 e. The zero-order valence-corrected chi connectivity index (χ0v) is 15.9. The molecule has 2 aliphatic rings. The molecule has 2 aromatic rings. The summed E-state index contributed by atoms with van der Waals surface area (Å²) >= 11 is 0. The molecule has 4 rings (SSSR count). The van der Waals surface area contributed by atoms with Crippen molar-refractivity contribution in [3.8, 4) is 0 Å². The van der Waals surface area contributed by atoms with Gasteiger partial charge in [-0.15, -0.1) is 0 Å². The summed E-state index contributed by atoms with van der Waals surface area (Å²) in [4.78, 5) is 13.9. The normalized spacial score (nSPS) is 17.7. The molecule has 0 spiro atoms. The van der Waals surface area contributed by atoms with Crippen LogP contribution in [-0.2, 0) is 0 Å². The van der Waals surface area contributed by atoms with Crippen molar-refractivity contribution in [2.24, 2.45) is 0 Å². The second-order valence-electron chi connectivity index (χ2n) is 7.36. The summed E-state index contributed by atoms with van der Waals surface area (Å²) in [6, 6.07) is 10.7. The van der Waals surface area contributed by atoms with Gasteiger partial charge in [-0.1, -0.05) is 19.2 Å². The number of hydrogen-bond donors (Lipinski definition) is 2. The Hall–Kier alpha value is -3.02. The molecule has 0 aliphatic carbocycles. The Bertz CT molecular complexity index is 860. The molecule has 0 amide bonds. The fourth-order valence-electron chi connectivity index (χ4n) is 3.79. The molecule has 27 heavy (non-hydrogen) atoms. The molecule has 0 aromatic carbocycles. The third-order valence-corrected chi connectivity index (χ3v) is 4.95. The predicted molar refractivity (Wildman–Crippen MR) is 112 cm³/mol. The fourth-order valence-corrected chi connectivity index (χ4v) is 3.79. The van der Waals surface area contributed by atoms with Gasteiger partial charge in [0.2, 0.25) is 0 Å². The molecular weight excluding hydrogens is 336 g/mol. The molecule has 2 aliphatic heterocycles. The summed E-state index contributed by atoms with van der Waals surface area (Å²) in [6.07, 6.45) is 2.86. The summed E-state index contributed by atoms with van der Waals surface area (Å²) in [6.45, 7) is 14.7. The molecule has 1 fully saturated rings. The first-order chi connectivity index (χ1) is 13.0. The lowest BCUT2D eigenvalue weighted by Gasteiger charge is -2.38. The molecular formula is C21H26N6. The fraction of sp³-hybridized carbons (Fsp3) is 0.333. The summed E-state index contributed by atoms with van der Waals surface area (Å²) < 4.78 is 0. The highest BCUT2D eigenvalue weighted by molar-refractivity contribution is 5.77. The van der Waals surface area contributed by atoms with E-state index in [1.54, 1.807) is 6.20 Å². The summed E-state index contributed by atoms with van der Waals surface area (Å²) in [5.74, 6) is 2.52. The number of nitrogens with zero attached hydrogens (tertiary/aromatic N) is 4. The van der Waals surface area contributed by atoms with Crippen molar-refractivity contribution in [3.05, 3.63) is 61.2 Å². The molecule has 6 nitrogen and oxygen atoms in total. The number of rotatable bonds is 6. The van der Waals surface area contributed by atoms with Crippen LogP contribution in [0.4, 0.5) is 17.3 Å². The second kappa shape index (κ2) is 6.95. The third-order valence-electron chi connectivity index (χ3n) is 4.95. The first-order valence-corrected chi connectivity index (χ1v) is 9.41. The molecule has 0 radical (unpaired) electrons. The number of anilines is 3. The molecule has 2 aromatic heterocycles. The van der Waals surface area contributed by atoms with Crippen molar-refractivity contribution in [2.75, 3.05) is 28.2 Å². The van der Waals surface area contributed by atoms with Crippen LogP contribution < -0.4 is 20.4 Å². The molecule has 0 unspecified atom stereocenters. The third kappa shape index (κ3) is 3.35. The minimum absolute atomic E-state index is 0.312. The summed E-state index contributed by atoms with van der Waals surface area (Å²) in [7, 11) is 0. The van der Waals surface area contributed by atoms with E-state index in [1.165, 1.54) is 0 Å². The molecule has 1 atom stereocenters. The zero-order valence-electron chi connectivity index (χ0n) is 15.9. The van der Waals surface area contributed by atoms with Crippen LogP contribution in [0, 0.1) is 0 Å². The van der Waals surface area contributed by atoms with Crippen molar-refractivity contribution in [1.29, 1.82) is 0 Å². The quantitative estimate of drug-likeness (QED) is 0.821. The second-order valence-corrected chi connectivity index (χ2v) is 7.36. The molecule has 2 N–H and O–H groups in total. The van der Waals surface area contributed by atoms with Gasteiger partial charge in [0.25, 0.3) is 0 Å². The maximum atomic E-state index is 4.95. The summed E-state index contributed by atoms with van der Waals surface area (Å²) in [5, 5.41) is 6.69. The van der Waals surface area contributed by atoms with Gasteiger partial charge in [0, 0.05) is 25.3 Å². The van der Waals surface area contributed by atoms with Crippen LogP contribution in [-0.4, -0.2) is 35.1 Å². The monoisotopic (exact) mass is 362 g/mol. The molecule has 2 bridgehead atoms. The van der Waals surface area contributed by atoms with E-state index >= 15 is 0 Å². The van der Waals surface area contributed by atoms with Crippen molar-refractivity contribution in [2.45, 2.75) is 32.4 Å². The Morgan fingerprint density at radius 2 is 2.07 bits per heavy atom. The lowest BCUT2D eigenvalue weighted by atomic mass is 10.1. The number of aromatic nitrogens is 2. The Labute approximate surface area is 160 Å². The molecule has 6 heteroatoms. The lowest BCUT2D eigenvalue weighted by molar-refractivity contribution is 0.674. The first kappa shape index (κ1) is 17.4. The van der Waals surface area contributed by atoms with Crippen molar-refractivity contribution >= 4 is 23.0 Å². The Morgan fingerprint density at radius 3 is 2.81 bits per heavy atom. The van der Waals surface area contributed by atoms with Crippen molar-refractivity contribution < 1.29 is 0 Å². The Kier molecular flexibility index (Phi) is 4.48. The number of pyridine rings is 2. The van der Waals surface area contributed by atoms with E-state index in [1.807, 2.05) is 24.3 Å². The Balaban J connectivity index is 1.67. The van der Waals surface area contributed by atoms with E-state index in [2.05, 4.69) is 58.5 Å². The topological polar surface area (TPSA) is 56.3 Å². The maximum absolute atomic E-state index is 4.95. The molecule has 140 valence electrons. The standard InChI is InChI=1S/C21H26N6/c1-14(2)23-15(3)18-8-9-19-21(25-18)27(17-10-12-26(19)13-17)16(4)24-20-7-5-6-11-22-20/h5-9,11,14,17,23H,3-4,10,12-13H2,1-2H3,(H,22,24)/t17-/m0/s1. The van der Waals surface area contributed by atoms with Gasteiger partial charge in [-0.05, 0) is 44.5 Å². The van der Waals surface area contributed by atoms with E-state index in [4.69, 9.17) is 4.98 Å². The van der Waals surface area contributed by atoms with Crippen molar-refractivity contribution in [1.82, 2.24) is 15.3 Å². The van der Waals surface area contributed by atoms with E-state index < -0.39 is 0 Å². The zero-order chi connectivity index (χ0) is 19.0. The van der Waals surface area contributed by atoms with Crippen LogP contribution in [0.3, 0.4) is 0 Å². The van der Waals surface area contributed by atoms with Gasteiger partial charge in [0.15, 0.2) is 5.82 Å². The van der Waals surface area contributed by atoms with Crippen LogP contribution in [0.25, 0.3) is 5.70 Å². The van der Waals surface area contributed by atoms with Gasteiger partial charge in [0.1, 0.15) is 11.6 Å². The van der Waals surface area contributed by atoms with Gasteiger partial charge < -0.3 is 20.4 Å². The highest BCUT2D eigenvalue weighted by Crippen LogP contribution is 2.41. The number of nitrogens with one attached hydrogen (secondary N) is 2.